The van der Waals surface area contributed by atoms with Crippen molar-refractivity contribution in [2.75, 3.05) is 13.1 Å². The maximum Gasteiger partial charge on any atom is 0.257 e. The largest absolute Gasteiger partial charge is 0.334 e. The van der Waals surface area contributed by atoms with Crippen molar-refractivity contribution < 1.29 is 9.18 Å². The van der Waals surface area contributed by atoms with Gasteiger partial charge in [-0.2, -0.15) is 0 Å². The Balaban J connectivity index is 2.24. The number of benzene rings is 1. The topological polar surface area (TPSA) is 46.3 Å². The van der Waals surface area contributed by atoms with Crippen molar-refractivity contribution in [1.29, 1.82) is 0 Å². The number of rotatable bonds is 2. The molecular formula is C13H16BrFN2O. The fourth-order valence-electron chi connectivity index (χ4n) is 2.33. The number of amides is 1. The molecule has 0 aliphatic carbocycles. The van der Waals surface area contributed by atoms with Crippen LogP contribution in [0.1, 0.15) is 29.6 Å². The van der Waals surface area contributed by atoms with Gasteiger partial charge < -0.3 is 10.6 Å². The fourth-order valence-corrected chi connectivity index (χ4v) is 2.66. The second-order valence-electron chi connectivity index (χ2n) is 4.51. The minimum absolute atomic E-state index is 0.0364. The van der Waals surface area contributed by atoms with Crippen LogP contribution in [-0.2, 0) is 0 Å². The molecule has 3 nitrogen and oxygen atoms in total. The van der Waals surface area contributed by atoms with Crippen LogP contribution in [0.25, 0.3) is 0 Å². The van der Waals surface area contributed by atoms with Crippen LogP contribution in [0.15, 0.2) is 22.7 Å². The molecule has 0 bridgehead atoms. The van der Waals surface area contributed by atoms with E-state index in [0.717, 1.165) is 19.3 Å². The first kappa shape index (κ1) is 13.5. The zero-order chi connectivity index (χ0) is 13.1. The molecule has 0 unspecified atom stereocenters. The van der Waals surface area contributed by atoms with Crippen molar-refractivity contribution in [2.24, 2.45) is 5.73 Å². The van der Waals surface area contributed by atoms with Gasteiger partial charge in [-0.15, -0.1) is 0 Å². The van der Waals surface area contributed by atoms with Crippen LogP contribution in [-0.4, -0.2) is 29.9 Å². The van der Waals surface area contributed by atoms with E-state index >= 15 is 0 Å². The maximum absolute atomic E-state index is 13.8. The summed E-state index contributed by atoms with van der Waals surface area (Å²) in [6.45, 7) is 1.10. The minimum Gasteiger partial charge on any atom is -0.334 e. The summed E-state index contributed by atoms with van der Waals surface area (Å²) in [5.41, 5.74) is 5.80. The van der Waals surface area contributed by atoms with Gasteiger partial charge in [-0.05, 0) is 37.5 Å². The first-order chi connectivity index (χ1) is 8.63. The average Bonchev–Trinajstić information content (AvgIpc) is 2.38. The standard InChI is InChI=1S/C13H16BrFN2O/c14-9-4-5-11(12(15)7-9)13(18)17-6-2-1-3-10(17)8-16/h4-5,7,10H,1-3,6,8,16H2/t10-/m0/s1. The predicted molar refractivity (Wildman–Crippen MR) is 71.8 cm³/mol. The molecule has 98 valence electrons. The molecule has 0 spiro atoms. The molecule has 1 amide bonds. The van der Waals surface area contributed by atoms with E-state index < -0.39 is 5.82 Å². The molecule has 1 saturated heterocycles. The Morgan fingerprint density at radius 2 is 2.28 bits per heavy atom. The molecule has 18 heavy (non-hydrogen) atoms. The van der Waals surface area contributed by atoms with Gasteiger partial charge in [0.2, 0.25) is 0 Å². The number of nitrogens with zero attached hydrogens (tertiary/aromatic N) is 1. The van der Waals surface area contributed by atoms with Gasteiger partial charge in [0.15, 0.2) is 0 Å². The highest BCUT2D eigenvalue weighted by molar-refractivity contribution is 9.10. The zero-order valence-corrected chi connectivity index (χ0v) is 11.6. The van der Waals surface area contributed by atoms with Crippen LogP contribution in [0.3, 0.4) is 0 Å². The number of carbonyl (C=O) groups excluding carboxylic acids is 1. The van der Waals surface area contributed by atoms with E-state index in [4.69, 9.17) is 5.73 Å². The average molecular weight is 315 g/mol. The van der Waals surface area contributed by atoms with Gasteiger partial charge >= 0.3 is 0 Å². The van der Waals surface area contributed by atoms with Gasteiger partial charge in [0, 0.05) is 23.6 Å². The summed E-state index contributed by atoms with van der Waals surface area (Å²) in [7, 11) is 0. The Bertz CT molecular complexity index is 453. The fraction of sp³-hybridized carbons (Fsp3) is 0.462. The van der Waals surface area contributed by atoms with Crippen molar-refractivity contribution >= 4 is 21.8 Å². The van der Waals surface area contributed by atoms with E-state index in [-0.39, 0.29) is 17.5 Å². The molecule has 0 saturated carbocycles. The molecule has 1 aliphatic heterocycles. The van der Waals surface area contributed by atoms with E-state index in [0.29, 0.717) is 17.6 Å². The Kier molecular flexibility index (Phi) is 4.35. The van der Waals surface area contributed by atoms with Gasteiger partial charge in [0.05, 0.1) is 5.56 Å². The molecule has 0 radical (unpaired) electrons. The number of halogens is 2. The van der Waals surface area contributed by atoms with Crippen LogP contribution >= 0.6 is 15.9 Å². The first-order valence-corrected chi connectivity index (χ1v) is 6.89. The summed E-state index contributed by atoms with van der Waals surface area (Å²) in [5.74, 6) is -0.745. The number of likely N-dealkylation sites (tertiary alicyclic amines) is 1. The van der Waals surface area contributed by atoms with E-state index in [1.807, 2.05) is 0 Å². The summed E-state index contributed by atoms with van der Waals surface area (Å²) < 4.78 is 14.4. The van der Waals surface area contributed by atoms with Gasteiger partial charge in [0.1, 0.15) is 5.82 Å². The van der Waals surface area contributed by atoms with E-state index in [2.05, 4.69) is 15.9 Å². The smallest absolute Gasteiger partial charge is 0.257 e. The maximum atomic E-state index is 13.8. The highest BCUT2D eigenvalue weighted by atomic mass is 79.9. The Labute approximate surface area is 114 Å². The van der Waals surface area contributed by atoms with Crippen molar-refractivity contribution in [3.8, 4) is 0 Å². The highest BCUT2D eigenvalue weighted by Gasteiger charge is 2.27. The zero-order valence-electron chi connectivity index (χ0n) is 10.0. The van der Waals surface area contributed by atoms with Gasteiger partial charge in [0.25, 0.3) is 5.91 Å². The molecule has 2 rings (SSSR count). The molecule has 2 N–H and O–H groups in total. The van der Waals surface area contributed by atoms with E-state index in [1.54, 1.807) is 11.0 Å². The summed E-state index contributed by atoms with van der Waals surface area (Å²) in [5, 5.41) is 0. The lowest BCUT2D eigenvalue weighted by Gasteiger charge is -2.35. The molecular weight excluding hydrogens is 299 g/mol. The Morgan fingerprint density at radius 1 is 1.50 bits per heavy atom. The normalized spacial score (nSPS) is 19.9. The first-order valence-electron chi connectivity index (χ1n) is 6.09. The second-order valence-corrected chi connectivity index (χ2v) is 5.42. The van der Waals surface area contributed by atoms with Crippen LogP contribution in [0.2, 0.25) is 0 Å². The third kappa shape index (κ3) is 2.72. The van der Waals surface area contributed by atoms with E-state index in [9.17, 15) is 9.18 Å². The van der Waals surface area contributed by atoms with Gasteiger partial charge in [-0.25, -0.2) is 4.39 Å². The third-order valence-electron chi connectivity index (χ3n) is 3.32. The molecule has 1 heterocycles. The lowest BCUT2D eigenvalue weighted by atomic mass is 10.0. The Morgan fingerprint density at radius 3 is 2.94 bits per heavy atom. The summed E-state index contributed by atoms with van der Waals surface area (Å²) in [4.78, 5) is 14.0. The summed E-state index contributed by atoms with van der Waals surface area (Å²) in [6, 6.07) is 4.55. The van der Waals surface area contributed by atoms with Crippen LogP contribution in [0, 0.1) is 5.82 Å². The van der Waals surface area contributed by atoms with Crippen LogP contribution in [0.4, 0.5) is 4.39 Å². The van der Waals surface area contributed by atoms with Crippen molar-refractivity contribution in [3.05, 3.63) is 34.1 Å². The molecule has 1 aromatic carbocycles. The third-order valence-corrected chi connectivity index (χ3v) is 3.81. The highest BCUT2D eigenvalue weighted by Crippen LogP contribution is 2.22. The number of piperidine rings is 1. The van der Waals surface area contributed by atoms with Gasteiger partial charge in [-0.1, -0.05) is 15.9 Å². The lowest BCUT2D eigenvalue weighted by Crippen LogP contribution is -2.47. The van der Waals surface area contributed by atoms with Crippen molar-refractivity contribution in [2.45, 2.75) is 25.3 Å². The minimum atomic E-state index is -0.490. The monoisotopic (exact) mass is 314 g/mol. The summed E-state index contributed by atoms with van der Waals surface area (Å²) in [6.07, 6.45) is 2.94. The summed E-state index contributed by atoms with van der Waals surface area (Å²) >= 11 is 3.18. The SMILES string of the molecule is NC[C@@H]1CCCCN1C(=O)c1ccc(Br)cc1F. The molecule has 0 aromatic heterocycles. The van der Waals surface area contributed by atoms with E-state index in [1.165, 1.54) is 12.1 Å². The van der Waals surface area contributed by atoms with Gasteiger partial charge in [-0.3, -0.25) is 4.79 Å². The molecule has 1 fully saturated rings. The quantitative estimate of drug-likeness (QED) is 0.912. The Hall–Kier alpha value is -0.940. The van der Waals surface area contributed by atoms with Crippen LogP contribution < -0.4 is 5.73 Å². The van der Waals surface area contributed by atoms with Crippen LogP contribution in [0.5, 0.6) is 0 Å². The molecule has 1 atom stereocenters. The number of nitrogens with two attached hydrogens (primary N) is 1. The number of carbonyl (C=O) groups is 1. The van der Waals surface area contributed by atoms with Crippen molar-refractivity contribution in [1.82, 2.24) is 4.90 Å². The number of hydrogen-bond donors (Lipinski definition) is 1. The lowest BCUT2D eigenvalue weighted by molar-refractivity contribution is 0.0618. The second kappa shape index (κ2) is 5.80. The molecule has 1 aliphatic rings. The number of hydrogen-bond acceptors (Lipinski definition) is 2. The predicted octanol–water partition coefficient (Wildman–Crippen LogP) is 2.54. The molecule has 5 heteroatoms. The molecule has 1 aromatic rings. The van der Waals surface area contributed by atoms with Crippen molar-refractivity contribution in [3.63, 3.8) is 0 Å².